The quantitative estimate of drug-likeness (QED) is 0.185. The lowest BCUT2D eigenvalue weighted by molar-refractivity contribution is -0.122. The van der Waals surface area contributed by atoms with Gasteiger partial charge in [-0.3, -0.25) is 19.9 Å². The first-order valence-corrected chi connectivity index (χ1v) is 15.9. The van der Waals surface area contributed by atoms with Gasteiger partial charge in [0.15, 0.2) is 5.65 Å². The Morgan fingerprint density at radius 2 is 1.82 bits per heavy atom. The van der Waals surface area contributed by atoms with Crippen molar-refractivity contribution < 1.29 is 17.6 Å². The minimum Gasteiger partial charge on any atom is -0.353 e. The maximum absolute atomic E-state index is 14.6. The summed E-state index contributed by atoms with van der Waals surface area (Å²) in [7, 11) is -3.45. The summed E-state index contributed by atoms with van der Waals surface area (Å²) in [5, 5.41) is 12.0. The van der Waals surface area contributed by atoms with Crippen LogP contribution < -0.4 is 10.0 Å². The molecule has 1 aromatic carbocycles. The monoisotopic (exact) mass is 610 g/mol. The number of hydrogen-bond donors (Lipinski definition) is 4. The summed E-state index contributed by atoms with van der Waals surface area (Å²) in [6, 6.07) is 11.9. The summed E-state index contributed by atoms with van der Waals surface area (Å²) in [6.07, 6.45) is 10.7. The molecule has 0 unspecified atom stereocenters. The molecule has 0 saturated heterocycles. The number of hydrogen-bond acceptors (Lipinski definition) is 7. The summed E-state index contributed by atoms with van der Waals surface area (Å²) >= 11 is 0. The molecular weight excluding hydrogens is 583 g/mol. The highest BCUT2D eigenvalue weighted by Gasteiger charge is 2.25. The number of pyridine rings is 3. The van der Waals surface area contributed by atoms with E-state index in [2.05, 4.69) is 40.2 Å². The molecule has 1 amide bonds. The van der Waals surface area contributed by atoms with E-state index in [0.29, 0.717) is 39.5 Å². The lowest BCUT2D eigenvalue weighted by Crippen LogP contribution is -2.28. The van der Waals surface area contributed by atoms with E-state index < -0.39 is 15.8 Å². The van der Waals surface area contributed by atoms with E-state index in [9.17, 15) is 17.6 Å². The summed E-state index contributed by atoms with van der Waals surface area (Å²) < 4.78 is 40.1. The van der Waals surface area contributed by atoms with Crippen LogP contribution in [0.2, 0.25) is 0 Å². The molecule has 1 aliphatic carbocycles. The number of carbonyl (C=O) groups is 1. The van der Waals surface area contributed by atoms with Crippen molar-refractivity contribution in [1.29, 1.82) is 0 Å². The minimum atomic E-state index is -3.45. The molecule has 1 aliphatic rings. The molecule has 44 heavy (non-hydrogen) atoms. The van der Waals surface area contributed by atoms with E-state index in [1.807, 2.05) is 24.3 Å². The van der Waals surface area contributed by atoms with Crippen LogP contribution in [0, 0.1) is 11.7 Å². The van der Waals surface area contributed by atoms with E-state index in [1.54, 1.807) is 30.9 Å². The van der Waals surface area contributed by atoms with Crippen molar-refractivity contribution in [3.63, 3.8) is 0 Å². The lowest BCUT2D eigenvalue weighted by Gasteiger charge is -2.24. The van der Waals surface area contributed by atoms with Gasteiger partial charge in [-0.25, -0.2) is 22.5 Å². The summed E-state index contributed by atoms with van der Waals surface area (Å²) in [5.41, 5.74) is 6.46. The van der Waals surface area contributed by atoms with Gasteiger partial charge < -0.3 is 10.3 Å². The molecule has 1 saturated carbocycles. The van der Waals surface area contributed by atoms with Gasteiger partial charge in [0.1, 0.15) is 11.5 Å². The van der Waals surface area contributed by atoms with Crippen LogP contribution in [-0.2, 0) is 21.4 Å². The van der Waals surface area contributed by atoms with Crippen molar-refractivity contribution in [2.75, 3.05) is 11.6 Å². The Morgan fingerprint density at radius 3 is 2.61 bits per heavy atom. The first-order chi connectivity index (χ1) is 21.2. The Hall–Kier alpha value is -5.01. The number of H-pyrrole nitrogens is 2. The van der Waals surface area contributed by atoms with Gasteiger partial charge in [0.25, 0.3) is 0 Å². The second-order valence-electron chi connectivity index (χ2n) is 11.0. The molecule has 0 spiro atoms. The third kappa shape index (κ3) is 5.54. The average molecular weight is 611 g/mol. The smallest absolute Gasteiger partial charge is 0.227 e. The lowest BCUT2D eigenvalue weighted by atomic mass is 9.85. The van der Waals surface area contributed by atoms with E-state index in [-0.39, 0.29) is 18.4 Å². The van der Waals surface area contributed by atoms with Crippen LogP contribution in [-0.4, -0.2) is 50.7 Å². The van der Waals surface area contributed by atoms with Crippen LogP contribution in [0.4, 0.5) is 10.1 Å². The van der Waals surface area contributed by atoms with Gasteiger partial charge in [0, 0.05) is 64.0 Å². The van der Waals surface area contributed by atoms with Gasteiger partial charge in [-0.15, -0.1) is 0 Å². The second-order valence-corrected chi connectivity index (χ2v) is 12.8. The van der Waals surface area contributed by atoms with E-state index in [1.165, 1.54) is 12.1 Å². The first kappa shape index (κ1) is 27.8. The topological polar surface area (TPSA) is 158 Å². The van der Waals surface area contributed by atoms with E-state index in [4.69, 9.17) is 0 Å². The Kier molecular flexibility index (Phi) is 6.90. The fourth-order valence-corrected chi connectivity index (χ4v) is 5.79. The van der Waals surface area contributed by atoms with Crippen LogP contribution in [0.5, 0.6) is 0 Å². The number of aromatic nitrogens is 6. The Labute approximate surface area is 251 Å². The van der Waals surface area contributed by atoms with Crippen molar-refractivity contribution >= 4 is 43.6 Å². The molecule has 7 rings (SSSR count). The van der Waals surface area contributed by atoms with Crippen molar-refractivity contribution in [2.24, 2.45) is 5.92 Å². The van der Waals surface area contributed by atoms with Gasteiger partial charge in [-0.1, -0.05) is 6.42 Å². The zero-order valence-electron chi connectivity index (χ0n) is 23.6. The maximum Gasteiger partial charge on any atom is 0.227 e. The predicted octanol–water partition coefficient (Wildman–Crippen LogP) is 5.16. The number of benzene rings is 1. The second kappa shape index (κ2) is 10.9. The molecule has 5 heterocycles. The van der Waals surface area contributed by atoms with Gasteiger partial charge in [-0.05, 0) is 60.9 Å². The average Bonchev–Trinajstić information content (AvgIpc) is 3.58. The molecule has 0 aliphatic heterocycles. The number of sulfonamides is 1. The van der Waals surface area contributed by atoms with Crippen LogP contribution in [0.1, 0.15) is 24.8 Å². The molecular formula is C31H27FN8O3S. The normalized spacial score (nSPS) is 13.8. The molecule has 222 valence electrons. The first-order valence-electron chi connectivity index (χ1n) is 14.0. The highest BCUT2D eigenvalue weighted by Crippen LogP contribution is 2.35. The van der Waals surface area contributed by atoms with Crippen molar-refractivity contribution in [1.82, 2.24) is 34.9 Å². The highest BCUT2D eigenvalue weighted by atomic mass is 32.2. The number of amides is 1. The predicted molar refractivity (Wildman–Crippen MR) is 165 cm³/mol. The number of rotatable bonds is 8. The third-order valence-corrected chi connectivity index (χ3v) is 8.47. The number of fused-ring (bicyclic) bond motifs is 2. The number of aromatic amines is 2. The van der Waals surface area contributed by atoms with E-state index >= 15 is 0 Å². The zero-order chi connectivity index (χ0) is 30.4. The standard InChI is InChI=1S/C31H27FN8O3S/c1-44(42,43)36-13-17-7-19(9-22(32)8-17)28-24-12-27(38-26(24)5-6-34-28)29-25-11-21(15-35-30(25)40-39-29)20-10-23(16-33-14-20)37-31(41)18-3-2-4-18/h5-12,14-16,18,36,38H,2-4,13H2,1H3,(H,37,41)(H,35,39,40). The van der Waals surface area contributed by atoms with E-state index in [0.717, 1.165) is 52.9 Å². The fourth-order valence-electron chi connectivity index (χ4n) is 5.36. The summed E-state index contributed by atoms with van der Waals surface area (Å²) in [6.45, 7) is -0.0438. The zero-order valence-corrected chi connectivity index (χ0v) is 24.4. The van der Waals surface area contributed by atoms with Crippen LogP contribution in [0.3, 0.4) is 0 Å². The number of halogens is 1. The van der Waals surface area contributed by atoms with Crippen LogP contribution in [0.25, 0.3) is 55.7 Å². The summed E-state index contributed by atoms with van der Waals surface area (Å²) in [4.78, 5) is 29.3. The van der Waals surface area contributed by atoms with Gasteiger partial charge >= 0.3 is 0 Å². The van der Waals surface area contributed by atoms with Crippen LogP contribution in [0.15, 0.2) is 67.3 Å². The number of nitrogens with zero attached hydrogens (tertiary/aromatic N) is 4. The Morgan fingerprint density at radius 1 is 0.977 bits per heavy atom. The molecule has 0 radical (unpaired) electrons. The SMILES string of the molecule is CS(=O)(=O)NCc1cc(F)cc(-c2nccc3[nH]c(-c4n[nH]c5ncc(-c6cncc(NC(=O)C7CCC7)c6)cc45)cc23)c1. The number of nitrogens with one attached hydrogen (secondary N) is 4. The van der Waals surface area contributed by atoms with Gasteiger partial charge in [-0.2, -0.15) is 5.10 Å². The molecule has 13 heteroatoms. The number of carbonyl (C=O) groups excluding carboxylic acids is 1. The molecule has 5 aromatic heterocycles. The third-order valence-electron chi connectivity index (χ3n) is 7.80. The van der Waals surface area contributed by atoms with Gasteiger partial charge in [0.05, 0.1) is 29.5 Å². The van der Waals surface area contributed by atoms with Crippen LogP contribution >= 0.6 is 0 Å². The molecule has 4 N–H and O–H groups in total. The molecule has 0 bridgehead atoms. The van der Waals surface area contributed by atoms with Gasteiger partial charge in [0.2, 0.25) is 15.9 Å². The van der Waals surface area contributed by atoms with Crippen molar-refractivity contribution in [2.45, 2.75) is 25.8 Å². The van der Waals surface area contributed by atoms with Crippen molar-refractivity contribution in [3.05, 3.63) is 78.6 Å². The fraction of sp³-hybridized carbons (Fsp3) is 0.194. The Bertz CT molecular complexity index is 2170. The Balaban J connectivity index is 1.23. The molecule has 0 atom stereocenters. The molecule has 1 fully saturated rings. The largest absolute Gasteiger partial charge is 0.353 e. The molecule has 6 aromatic rings. The molecule has 11 nitrogen and oxygen atoms in total. The highest BCUT2D eigenvalue weighted by molar-refractivity contribution is 7.88. The minimum absolute atomic E-state index is 0.0219. The summed E-state index contributed by atoms with van der Waals surface area (Å²) in [5.74, 6) is -0.411. The maximum atomic E-state index is 14.6. The number of anilines is 1. The van der Waals surface area contributed by atoms with Crippen molar-refractivity contribution in [3.8, 4) is 33.8 Å².